The Morgan fingerprint density at radius 3 is 2.71 bits per heavy atom. The first kappa shape index (κ1) is 13.3. The summed E-state index contributed by atoms with van der Waals surface area (Å²) in [6.07, 6.45) is -0.0213. The van der Waals surface area contributed by atoms with Crippen molar-refractivity contribution in [3.05, 3.63) is 23.8 Å². The number of aliphatic hydroxyl groups is 1. The second-order valence-electron chi connectivity index (χ2n) is 3.65. The lowest BCUT2D eigenvalue weighted by Gasteiger charge is -2.11. The van der Waals surface area contributed by atoms with Crippen LogP contribution in [0.1, 0.15) is 23.7 Å². The van der Waals surface area contributed by atoms with Crippen LogP contribution in [0.5, 0.6) is 11.5 Å². The maximum atomic E-state index is 11.0. The van der Waals surface area contributed by atoms with Crippen LogP contribution >= 0.6 is 0 Å². The quantitative estimate of drug-likeness (QED) is 0.788. The monoisotopic (exact) mass is 240 g/mol. The molecule has 5 heteroatoms. The number of aromatic carboxylic acids is 1. The summed E-state index contributed by atoms with van der Waals surface area (Å²) < 4.78 is 10.3. The van der Waals surface area contributed by atoms with Crippen LogP contribution in [0.15, 0.2) is 18.2 Å². The molecule has 0 spiro atoms. The molecule has 0 radical (unpaired) electrons. The van der Waals surface area contributed by atoms with Crippen LogP contribution in [0, 0.1) is 0 Å². The fourth-order valence-corrected chi connectivity index (χ4v) is 1.27. The van der Waals surface area contributed by atoms with Gasteiger partial charge in [-0.2, -0.15) is 0 Å². The van der Waals surface area contributed by atoms with E-state index in [9.17, 15) is 4.79 Å². The number of methoxy groups -OCH3 is 1. The molecule has 1 aromatic rings. The Bertz CT molecular complexity index is 386. The van der Waals surface area contributed by atoms with E-state index in [0.717, 1.165) is 0 Å². The fourth-order valence-electron chi connectivity index (χ4n) is 1.27. The number of benzene rings is 1. The molecule has 0 aliphatic heterocycles. The van der Waals surface area contributed by atoms with Gasteiger partial charge in [0.15, 0.2) is 0 Å². The summed E-state index contributed by atoms with van der Waals surface area (Å²) >= 11 is 0. The first-order chi connectivity index (χ1) is 8.04. The molecule has 17 heavy (non-hydrogen) atoms. The molecule has 0 fully saturated rings. The Hall–Kier alpha value is -1.75. The molecular formula is C12H16O5. The normalized spacial score (nSPS) is 11.9. The van der Waals surface area contributed by atoms with E-state index in [1.807, 2.05) is 0 Å². The Labute approximate surface area is 99.6 Å². The van der Waals surface area contributed by atoms with Gasteiger partial charge in [-0.05, 0) is 25.1 Å². The minimum atomic E-state index is -1.07. The van der Waals surface area contributed by atoms with Crippen LogP contribution < -0.4 is 9.47 Å². The second-order valence-corrected chi connectivity index (χ2v) is 3.65. The topological polar surface area (TPSA) is 76.0 Å². The van der Waals surface area contributed by atoms with E-state index < -0.39 is 12.1 Å². The summed E-state index contributed by atoms with van der Waals surface area (Å²) in [6, 6.07) is 4.58. The molecule has 5 nitrogen and oxygen atoms in total. The van der Waals surface area contributed by atoms with Gasteiger partial charge in [-0.25, -0.2) is 4.79 Å². The van der Waals surface area contributed by atoms with E-state index in [1.54, 1.807) is 19.1 Å². The Balaban J connectivity index is 2.80. The minimum Gasteiger partial charge on any atom is -0.497 e. The van der Waals surface area contributed by atoms with Crippen LogP contribution in [0.2, 0.25) is 0 Å². The summed E-state index contributed by atoms with van der Waals surface area (Å²) in [5.74, 6) is -0.333. The lowest BCUT2D eigenvalue weighted by Crippen LogP contribution is -2.09. The standard InChI is InChI=1S/C12H16O5/c1-8(13)5-6-17-11-4-3-9(16-2)7-10(11)12(14)15/h3-4,7-8,13H,5-6H2,1-2H3,(H,14,15). The highest BCUT2D eigenvalue weighted by molar-refractivity contribution is 5.91. The highest BCUT2D eigenvalue weighted by atomic mass is 16.5. The van der Waals surface area contributed by atoms with E-state index in [2.05, 4.69) is 0 Å². The van der Waals surface area contributed by atoms with Crippen molar-refractivity contribution in [2.75, 3.05) is 13.7 Å². The van der Waals surface area contributed by atoms with Gasteiger partial charge < -0.3 is 19.7 Å². The van der Waals surface area contributed by atoms with Gasteiger partial charge in [0, 0.05) is 6.42 Å². The molecule has 1 rings (SSSR count). The molecule has 0 heterocycles. The maximum Gasteiger partial charge on any atom is 0.339 e. The molecule has 0 amide bonds. The van der Waals surface area contributed by atoms with E-state index in [0.29, 0.717) is 12.2 Å². The molecule has 0 aromatic heterocycles. The summed E-state index contributed by atoms with van der Waals surface area (Å²) in [5.41, 5.74) is 0.0509. The zero-order valence-electron chi connectivity index (χ0n) is 9.84. The molecule has 1 aromatic carbocycles. The predicted octanol–water partition coefficient (Wildman–Crippen LogP) is 1.54. The van der Waals surface area contributed by atoms with Crippen LogP contribution in [-0.2, 0) is 0 Å². The van der Waals surface area contributed by atoms with Crippen molar-refractivity contribution in [2.24, 2.45) is 0 Å². The van der Waals surface area contributed by atoms with Gasteiger partial charge in [-0.15, -0.1) is 0 Å². The molecule has 0 aliphatic rings. The highest BCUT2D eigenvalue weighted by Gasteiger charge is 2.12. The van der Waals surface area contributed by atoms with Gasteiger partial charge in [0.05, 0.1) is 19.8 Å². The van der Waals surface area contributed by atoms with Crippen molar-refractivity contribution in [1.82, 2.24) is 0 Å². The third-order valence-corrected chi connectivity index (χ3v) is 2.21. The van der Waals surface area contributed by atoms with E-state index in [4.69, 9.17) is 19.7 Å². The minimum absolute atomic E-state index is 0.0509. The average molecular weight is 240 g/mol. The third kappa shape index (κ3) is 3.96. The molecule has 0 bridgehead atoms. The summed E-state index contributed by atoms with van der Waals surface area (Å²) in [6.45, 7) is 1.92. The summed E-state index contributed by atoms with van der Waals surface area (Å²) in [5, 5.41) is 18.1. The van der Waals surface area contributed by atoms with Gasteiger partial charge in [0.1, 0.15) is 17.1 Å². The van der Waals surface area contributed by atoms with Crippen molar-refractivity contribution in [2.45, 2.75) is 19.4 Å². The number of hydrogen-bond acceptors (Lipinski definition) is 4. The third-order valence-electron chi connectivity index (χ3n) is 2.21. The number of hydrogen-bond donors (Lipinski definition) is 2. The molecule has 1 unspecified atom stereocenters. The number of carboxylic acids is 1. The zero-order chi connectivity index (χ0) is 12.8. The van der Waals surface area contributed by atoms with Gasteiger partial charge in [0.25, 0.3) is 0 Å². The first-order valence-electron chi connectivity index (χ1n) is 5.26. The largest absolute Gasteiger partial charge is 0.497 e. The van der Waals surface area contributed by atoms with E-state index in [-0.39, 0.29) is 17.9 Å². The first-order valence-corrected chi connectivity index (χ1v) is 5.26. The lowest BCUT2D eigenvalue weighted by atomic mass is 10.2. The van der Waals surface area contributed by atoms with Crippen LogP contribution in [0.3, 0.4) is 0 Å². The number of ether oxygens (including phenoxy) is 2. The second kappa shape index (κ2) is 6.10. The van der Waals surface area contributed by atoms with Crippen molar-refractivity contribution in [3.8, 4) is 11.5 Å². The molecule has 0 saturated heterocycles. The molecule has 0 aliphatic carbocycles. The number of aliphatic hydroxyl groups excluding tert-OH is 1. The highest BCUT2D eigenvalue weighted by Crippen LogP contribution is 2.24. The number of rotatable bonds is 6. The molecule has 0 saturated carbocycles. The van der Waals surface area contributed by atoms with Gasteiger partial charge in [-0.3, -0.25) is 0 Å². The molecule has 1 atom stereocenters. The van der Waals surface area contributed by atoms with Crippen LogP contribution in [0.4, 0.5) is 0 Å². The van der Waals surface area contributed by atoms with Gasteiger partial charge in [0.2, 0.25) is 0 Å². The van der Waals surface area contributed by atoms with Crippen molar-refractivity contribution in [1.29, 1.82) is 0 Å². The summed E-state index contributed by atoms with van der Waals surface area (Å²) in [7, 11) is 1.47. The average Bonchev–Trinajstić information content (AvgIpc) is 2.28. The van der Waals surface area contributed by atoms with Crippen LogP contribution in [-0.4, -0.2) is 36.0 Å². The zero-order valence-corrected chi connectivity index (χ0v) is 9.84. The summed E-state index contributed by atoms with van der Waals surface area (Å²) in [4.78, 5) is 11.0. The lowest BCUT2D eigenvalue weighted by molar-refractivity contribution is 0.0691. The van der Waals surface area contributed by atoms with Crippen molar-refractivity contribution >= 4 is 5.97 Å². The Morgan fingerprint density at radius 1 is 1.47 bits per heavy atom. The van der Waals surface area contributed by atoms with E-state index >= 15 is 0 Å². The molecule has 94 valence electrons. The predicted molar refractivity (Wildman–Crippen MR) is 61.7 cm³/mol. The van der Waals surface area contributed by atoms with Crippen molar-refractivity contribution < 1.29 is 24.5 Å². The number of carbonyl (C=O) groups is 1. The van der Waals surface area contributed by atoms with Gasteiger partial charge >= 0.3 is 5.97 Å². The molecule has 2 N–H and O–H groups in total. The Kier molecular flexibility index (Phi) is 4.78. The number of carboxylic acid groups (broad SMARTS) is 1. The van der Waals surface area contributed by atoms with Crippen molar-refractivity contribution in [3.63, 3.8) is 0 Å². The van der Waals surface area contributed by atoms with Crippen LogP contribution in [0.25, 0.3) is 0 Å². The Morgan fingerprint density at radius 2 is 2.18 bits per heavy atom. The maximum absolute atomic E-state index is 11.0. The van der Waals surface area contributed by atoms with E-state index in [1.165, 1.54) is 13.2 Å². The fraction of sp³-hybridized carbons (Fsp3) is 0.417. The van der Waals surface area contributed by atoms with Gasteiger partial charge in [-0.1, -0.05) is 0 Å². The SMILES string of the molecule is COc1ccc(OCCC(C)O)c(C(=O)O)c1. The smallest absolute Gasteiger partial charge is 0.339 e. The molecular weight excluding hydrogens is 224 g/mol.